The molecule has 8 heteroatoms. The highest BCUT2D eigenvalue weighted by molar-refractivity contribution is 7.16. The van der Waals surface area contributed by atoms with E-state index in [1.807, 2.05) is 13.8 Å². The fraction of sp³-hybridized carbons (Fsp3) is 0.412. The molecule has 134 valence electrons. The zero-order valence-corrected chi connectivity index (χ0v) is 15.7. The molecule has 2 heterocycles. The number of carbonyl (C=O) groups excluding carboxylic acids is 2. The predicted molar refractivity (Wildman–Crippen MR) is 96.4 cm³/mol. The Balaban J connectivity index is 2.26. The van der Waals surface area contributed by atoms with Crippen LogP contribution in [0.4, 0.5) is 5.00 Å². The Kier molecular flexibility index (Phi) is 5.73. The number of rotatable bonds is 5. The van der Waals surface area contributed by atoms with Crippen LogP contribution in [0.1, 0.15) is 39.2 Å². The van der Waals surface area contributed by atoms with Gasteiger partial charge in [-0.3, -0.25) is 14.2 Å². The molecular weight excluding hydrogens is 342 g/mol. The van der Waals surface area contributed by atoms with Crippen LogP contribution in [-0.2, 0) is 16.1 Å². The smallest absolute Gasteiger partial charge is 0.341 e. The summed E-state index contributed by atoms with van der Waals surface area (Å²) >= 11 is 1.31. The molecule has 0 spiro atoms. The lowest BCUT2D eigenvalue weighted by Crippen LogP contribution is -2.30. The summed E-state index contributed by atoms with van der Waals surface area (Å²) in [5, 5.41) is 3.15. The van der Waals surface area contributed by atoms with E-state index in [0.717, 1.165) is 10.4 Å². The first-order chi connectivity index (χ1) is 11.7. The standard InChI is InChI=1S/C17H21N3O4S/c1-6-24-17(23)15-10(3)11(4)25-16(15)19-13(21)8-20-12(5)18-9(2)7-14(20)22/h7H,6,8H2,1-5H3,(H,19,21). The molecule has 0 saturated carbocycles. The molecule has 2 aromatic heterocycles. The minimum Gasteiger partial charge on any atom is -0.462 e. The summed E-state index contributed by atoms with van der Waals surface area (Å²) in [6, 6.07) is 1.38. The molecule has 0 bridgehead atoms. The maximum absolute atomic E-state index is 12.4. The molecule has 2 aromatic rings. The first kappa shape index (κ1) is 18.9. The van der Waals surface area contributed by atoms with E-state index in [-0.39, 0.29) is 18.7 Å². The predicted octanol–water partition coefficient (Wildman–Crippen LogP) is 2.35. The minimum absolute atomic E-state index is 0.170. The first-order valence-electron chi connectivity index (χ1n) is 7.86. The van der Waals surface area contributed by atoms with Crippen molar-refractivity contribution in [3.8, 4) is 0 Å². The summed E-state index contributed by atoms with van der Waals surface area (Å²) < 4.78 is 6.36. The first-order valence-corrected chi connectivity index (χ1v) is 8.68. The summed E-state index contributed by atoms with van der Waals surface area (Å²) in [6.45, 7) is 8.89. The lowest BCUT2D eigenvalue weighted by Gasteiger charge is -2.10. The maximum atomic E-state index is 12.4. The molecule has 0 unspecified atom stereocenters. The molecule has 0 radical (unpaired) electrons. The number of nitrogens with one attached hydrogen (secondary N) is 1. The second-order valence-electron chi connectivity index (χ2n) is 5.63. The number of thiophene rings is 1. The van der Waals surface area contributed by atoms with Crippen LogP contribution in [0.5, 0.6) is 0 Å². The minimum atomic E-state index is -0.468. The van der Waals surface area contributed by atoms with E-state index in [1.165, 1.54) is 22.0 Å². The van der Waals surface area contributed by atoms with Gasteiger partial charge in [0.05, 0.1) is 12.2 Å². The number of aromatic nitrogens is 2. The summed E-state index contributed by atoms with van der Waals surface area (Å²) in [7, 11) is 0. The number of aryl methyl sites for hydroxylation is 3. The van der Waals surface area contributed by atoms with Crippen molar-refractivity contribution in [3.63, 3.8) is 0 Å². The molecule has 1 amide bonds. The second kappa shape index (κ2) is 7.60. The highest BCUT2D eigenvalue weighted by Crippen LogP contribution is 2.33. The molecule has 0 aliphatic heterocycles. The van der Waals surface area contributed by atoms with Crippen molar-refractivity contribution in [3.05, 3.63) is 43.9 Å². The Morgan fingerprint density at radius 3 is 2.56 bits per heavy atom. The third-order valence-corrected chi connectivity index (χ3v) is 4.87. The number of carbonyl (C=O) groups is 2. The normalized spacial score (nSPS) is 10.6. The number of hydrogen-bond donors (Lipinski definition) is 1. The highest BCUT2D eigenvalue weighted by atomic mass is 32.1. The van der Waals surface area contributed by atoms with E-state index in [1.54, 1.807) is 20.8 Å². The van der Waals surface area contributed by atoms with Crippen LogP contribution in [0.25, 0.3) is 0 Å². The molecule has 0 fully saturated rings. The van der Waals surface area contributed by atoms with Gasteiger partial charge in [-0.1, -0.05) is 0 Å². The van der Waals surface area contributed by atoms with Gasteiger partial charge >= 0.3 is 5.97 Å². The van der Waals surface area contributed by atoms with E-state index < -0.39 is 11.9 Å². The van der Waals surface area contributed by atoms with Crippen molar-refractivity contribution >= 4 is 28.2 Å². The van der Waals surface area contributed by atoms with E-state index >= 15 is 0 Å². The van der Waals surface area contributed by atoms with Crippen molar-refractivity contribution in [2.75, 3.05) is 11.9 Å². The average molecular weight is 363 g/mol. The largest absolute Gasteiger partial charge is 0.462 e. The molecule has 0 aliphatic carbocycles. The van der Waals surface area contributed by atoms with Crippen molar-refractivity contribution in [2.24, 2.45) is 0 Å². The van der Waals surface area contributed by atoms with Gasteiger partial charge in [0.2, 0.25) is 5.91 Å². The highest BCUT2D eigenvalue weighted by Gasteiger charge is 2.22. The quantitative estimate of drug-likeness (QED) is 0.824. The van der Waals surface area contributed by atoms with E-state index in [0.29, 0.717) is 22.1 Å². The van der Waals surface area contributed by atoms with Crippen LogP contribution in [0.2, 0.25) is 0 Å². The van der Waals surface area contributed by atoms with Gasteiger partial charge < -0.3 is 10.1 Å². The van der Waals surface area contributed by atoms with Crippen LogP contribution in [0, 0.1) is 27.7 Å². The molecule has 25 heavy (non-hydrogen) atoms. The second-order valence-corrected chi connectivity index (χ2v) is 6.85. The number of amides is 1. The van der Waals surface area contributed by atoms with Crippen molar-refractivity contribution in [2.45, 2.75) is 41.2 Å². The van der Waals surface area contributed by atoms with E-state index in [2.05, 4.69) is 10.3 Å². The molecule has 2 rings (SSSR count). The molecular formula is C17H21N3O4S. The SMILES string of the molecule is CCOC(=O)c1c(NC(=O)Cn2c(C)nc(C)cc2=O)sc(C)c1C. The Bertz CT molecular complexity index is 883. The van der Waals surface area contributed by atoms with Crippen molar-refractivity contribution in [1.82, 2.24) is 9.55 Å². The fourth-order valence-corrected chi connectivity index (χ4v) is 3.49. The average Bonchev–Trinajstić information content (AvgIpc) is 2.77. The summed E-state index contributed by atoms with van der Waals surface area (Å²) in [4.78, 5) is 41.7. The van der Waals surface area contributed by atoms with E-state index in [9.17, 15) is 14.4 Å². The Morgan fingerprint density at radius 1 is 1.28 bits per heavy atom. The fourth-order valence-electron chi connectivity index (χ4n) is 2.43. The van der Waals surface area contributed by atoms with Crippen LogP contribution >= 0.6 is 11.3 Å². The molecule has 7 nitrogen and oxygen atoms in total. The lowest BCUT2D eigenvalue weighted by atomic mass is 10.1. The summed E-state index contributed by atoms with van der Waals surface area (Å²) in [6.07, 6.45) is 0. The Hall–Kier alpha value is -2.48. The molecule has 0 saturated heterocycles. The Morgan fingerprint density at radius 2 is 1.96 bits per heavy atom. The van der Waals surface area contributed by atoms with Gasteiger partial charge in [0.15, 0.2) is 0 Å². The van der Waals surface area contributed by atoms with Crippen molar-refractivity contribution < 1.29 is 14.3 Å². The zero-order valence-electron chi connectivity index (χ0n) is 14.9. The monoisotopic (exact) mass is 363 g/mol. The summed E-state index contributed by atoms with van der Waals surface area (Å²) in [5.74, 6) is -0.406. The number of ether oxygens (including phenoxy) is 1. The van der Waals surface area contributed by atoms with Crippen LogP contribution in [0.15, 0.2) is 10.9 Å². The number of hydrogen-bond acceptors (Lipinski definition) is 6. The number of anilines is 1. The van der Waals surface area contributed by atoms with Gasteiger partial charge in [-0.2, -0.15) is 0 Å². The summed E-state index contributed by atoms with van der Waals surface area (Å²) in [5.41, 5.74) is 1.46. The zero-order chi connectivity index (χ0) is 18.7. The Labute approximate surface area is 149 Å². The molecule has 0 aliphatic rings. The van der Waals surface area contributed by atoms with Gasteiger partial charge in [-0.25, -0.2) is 9.78 Å². The lowest BCUT2D eigenvalue weighted by molar-refractivity contribution is -0.116. The molecule has 0 aromatic carbocycles. The number of nitrogens with zero attached hydrogens (tertiary/aromatic N) is 2. The topological polar surface area (TPSA) is 90.3 Å². The van der Waals surface area contributed by atoms with Crippen molar-refractivity contribution in [1.29, 1.82) is 0 Å². The van der Waals surface area contributed by atoms with Gasteiger partial charge in [0.25, 0.3) is 5.56 Å². The van der Waals surface area contributed by atoms with E-state index in [4.69, 9.17) is 4.74 Å². The molecule has 1 N–H and O–H groups in total. The van der Waals surface area contributed by atoms with Crippen LogP contribution in [-0.4, -0.2) is 28.0 Å². The van der Waals surface area contributed by atoms with Gasteiger partial charge in [-0.05, 0) is 40.2 Å². The van der Waals surface area contributed by atoms with Crippen LogP contribution in [0.3, 0.4) is 0 Å². The number of esters is 1. The molecule has 0 atom stereocenters. The third kappa shape index (κ3) is 4.14. The maximum Gasteiger partial charge on any atom is 0.341 e. The van der Waals surface area contributed by atoms with Gasteiger partial charge in [0, 0.05) is 16.6 Å². The van der Waals surface area contributed by atoms with Crippen LogP contribution < -0.4 is 10.9 Å². The third-order valence-electron chi connectivity index (χ3n) is 3.75. The van der Waals surface area contributed by atoms with Gasteiger partial charge in [0.1, 0.15) is 17.4 Å². The van der Waals surface area contributed by atoms with Gasteiger partial charge in [-0.15, -0.1) is 11.3 Å².